The molecule has 270 valence electrons. The average molecular weight is 709 g/mol. The largest absolute Gasteiger partial charge is 0.506 e. The minimum Gasteiger partial charge on any atom is -0.506 e. The lowest BCUT2D eigenvalue weighted by Gasteiger charge is -2.25. The summed E-state index contributed by atoms with van der Waals surface area (Å²) in [5.74, 6) is -1.95. The molecule has 2 amide bonds. The molecule has 13 heteroatoms. The first-order valence-electron chi connectivity index (χ1n) is 16.7. The van der Waals surface area contributed by atoms with Crippen LogP contribution in [0.3, 0.4) is 0 Å². The van der Waals surface area contributed by atoms with Crippen molar-refractivity contribution in [1.82, 2.24) is 20.9 Å². The number of aromatic amines is 1. The van der Waals surface area contributed by atoms with Gasteiger partial charge in [-0.3, -0.25) is 14.4 Å². The molecule has 0 radical (unpaired) electrons. The summed E-state index contributed by atoms with van der Waals surface area (Å²) in [5.41, 5.74) is -0.0174. The fourth-order valence-corrected chi connectivity index (χ4v) is 5.68. The summed E-state index contributed by atoms with van der Waals surface area (Å²) in [6.07, 6.45) is 0.273. The van der Waals surface area contributed by atoms with E-state index in [-0.39, 0.29) is 52.8 Å². The number of aromatic nitrogens is 1. The molecular formula is C39H40N4O9. The lowest BCUT2D eigenvalue weighted by Crippen LogP contribution is -2.36. The monoisotopic (exact) mass is 708 g/mol. The highest BCUT2D eigenvalue weighted by atomic mass is 16.5. The van der Waals surface area contributed by atoms with Crippen LogP contribution in [0.15, 0.2) is 108 Å². The number of carbonyl (C=O) groups excluding carboxylic acids is 2. The number of carboxylic acids is 1. The molecule has 0 spiro atoms. The van der Waals surface area contributed by atoms with Crippen LogP contribution in [-0.4, -0.2) is 76.0 Å². The Kier molecular flexibility index (Phi) is 12.4. The van der Waals surface area contributed by atoms with Gasteiger partial charge in [-0.15, -0.1) is 0 Å². The highest BCUT2D eigenvalue weighted by molar-refractivity contribution is 5.94. The second kappa shape index (κ2) is 17.3. The molecule has 0 aliphatic heterocycles. The van der Waals surface area contributed by atoms with Crippen LogP contribution in [0.1, 0.15) is 45.1 Å². The molecule has 2 atom stereocenters. The Labute approximate surface area is 298 Å². The number of H-pyrrole nitrogens is 1. The number of ether oxygens (including phenoxy) is 1. The van der Waals surface area contributed by atoms with E-state index in [1.807, 2.05) is 12.1 Å². The van der Waals surface area contributed by atoms with Gasteiger partial charge in [-0.25, -0.2) is 4.79 Å². The van der Waals surface area contributed by atoms with Crippen molar-refractivity contribution in [3.63, 3.8) is 0 Å². The number of hydrogen-bond donors (Lipinski definition) is 8. The number of pyridine rings is 1. The highest BCUT2D eigenvalue weighted by Gasteiger charge is 2.40. The number of aliphatic hydroxyl groups excluding tert-OH is 1. The SMILES string of the molecule is O=C(COc1cccc([C@](O)(C(=O)O)c2ccccc2)c1)NCCCNC(=O)c1ccc(CCNC[C@H](O)c2ccc(O)c3[nH]c(=O)ccc23)cc1. The third-order valence-corrected chi connectivity index (χ3v) is 8.49. The zero-order valence-electron chi connectivity index (χ0n) is 28.2. The van der Waals surface area contributed by atoms with Gasteiger partial charge in [-0.1, -0.05) is 60.7 Å². The molecule has 52 heavy (non-hydrogen) atoms. The number of carboxylic acid groups (broad SMARTS) is 1. The van der Waals surface area contributed by atoms with Gasteiger partial charge in [0.1, 0.15) is 11.5 Å². The normalized spacial score (nSPS) is 12.8. The Morgan fingerprint density at radius 1 is 0.827 bits per heavy atom. The van der Waals surface area contributed by atoms with Crippen LogP contribution >= 0.6 is 0 Å². The van der Waals surface area contributed by atoms with Gasteiger partial charge in [-0.05, 0) is 72.5 Å². The first-order valence-corrected chi connectivity index (χ1v) is 16.7. The van der Waals surface area contributed by atoms with E-state index in [2.05, 4.69) is 20.9 Å². The van der Waals surface area contributed by atoms with E-state index in [4.69, 9.17) is 4.74 Å². The Morgan fingerprint density at radius 2 is 1.56 bits per heavy atom. The van der Waals surface area contributed by atoms with Crippen LogP contribution in [-0.2, 0) is 21.6 Å². The summed E-state index contributed by atoms with van der Waals surface area (Å²) in [6.45, 7) is 1.12. The summed E-state index contributed by atoms with van der Waals surface area (Å²) >= 11 is 0. The minimum atomic E-state index is -2.29. The Hall–Kier alpha value is -6.02. The number of benzene rings is 4. The average Bonchev–Trinajstić information content (AvgIpc) is 3.16. The van der Waals surface area contributed by atoms with Gasteiger partial charge in [-0.2, -0.15) is 0 Å². The second-order valence-corrected chi connectivity index (χ2v) is 12.1. The summed E-state index contributed by atoms with van der Waals surface area (Å²) in [4.78, 5) is 51.2. The highest BCUT2D eigenvalue weighted by Crippen LogP contribution is 2.32. The molecule has 0 saturated carbocycles. The van der Waals surface area contributed by atoms with Gasteiger partial charge in [0.05, 0.1) is 11.6 Å². The molecule has 0 aliphatic rings. The quantitative estimate of drug-likeness (QED) is 0.0662. The third-order valence-electron chi connectivity index (χ3n) is 8.49. The van der Waals surface area contributed by atoms with Gasteiger partial charge in [0.2, 0.25) is 11.2 Å². The van der Waals surface area contributed by atoms with Crippen molar-refractivity contribution in [3.05, 3.63) is 141 Å². The van der Waals surface area contributed by atoms with Crippen molar-refractivity contribution in [3.8, 4) is 11.5 Å². The van der Waals surface area contributed by atoms with Crippen molar-refractivity contribution >= 4 is 28.7 Å². The number of rotatable bonds is 17. The fourth-order valence-electron chi connectivity index (χ4n) is 5.68. The van der Waals surface area contributed by atoms with E-state index >= 15 is 0 Å². The predicted molar refractivity (Wildman–Crippen MR) is 193 cm³/mol. The molecule has 13 nitrogen and oxygen atoms in total. The lowest BCUT2D eigenvalue weighted by molar-refractivity contribution is -0.155. The van der Waals surface area contributed by atoms with Crippen LogP contribution < -0.4 is 26.2 Å². The Balaban J connectivity index is 0.983. The number of aliphatic hydroxyl groups is 2. The maximum absolute atomic E-state index is 12.6. The van der Waals surface area contributed by atoms with Gasteiger partial charge < -0.3 is 46.1 Å². The first-order chi connectivity index (χ1) is 25.1. The molecule has 1 heterocycles. The third kappa shape index (κ3) is 9.20. The Bertz CT molecular complexity index is 2070. The number of aromatic hydroxyl groups is 1. The molecule has 1 aromatic heterocycles. The van der Waals surface area contributed by atoms with E-state index in [1.54, 1.807) is 48.5 Å². The molecule has 0 saturated heterocycles. The second-order valence-electron chi connectivity index (χ2n) is 12.1. The number of nitrogens with one attached hydrogen (secondary N) is 4. The minimum absolute atomic E-state index is 0.0674. The number of fused-ring (bicyclic) bond motifs is 1. The van der Waals surface area contributed by atoms with Crippen LogP contribution in [0.25, 0.3) is 10.9 Å². The molecular weight excluding hydrogens is 668 g/mol. The molecule has 0 fully saturated rings. The smallest absolute Gasteiger partial charge is 0.345 e. The standard InChI is InChI=1S/C39H40N4O9/c44-32-16-14-30(31-15-17-34(46)43-36(31)32)33(45)23-40-21-18-25-10-12-26(13-11-25)37(48)42-20-5-19-41-35(47)24-52-29-9-4-8-28(22-29)39(51,38(49)50)27-6-2-1-3-7-27/h1-4,6-17,22,33,40,44-45,51H,5,18-21,23-24H2,(H,41,47)(H,42,48)(H,43,46)(H,49,50)/t33-,39-/m0/s1. The molecule has 4 aromatic carbocycles. The zero-order chi connectivity index (χ0) is 37.1. The number of aliphatic carboxylic acids is 1. The number of phenols is 1. The van der Waals surface area contributed by atoms with Crippen molar-refractivity contribution in [2.75, 3.05) is 32.8 Å². The number of hydrogen-bond acceptors (Lipinski definition) is 9. The van der Waals surface area contributed by atoms with Crippen molar-refractivity contribution in [1.29, 1.82) is 0 Å². The van der Waals surface area contributed by atoms with E-state index in [0.29, 0.717) is 49.0 Å². The van der Waals surface area contributed by atoms with Gasteiger partial charge in [0, 0.05) is 42.2 Å². The summed E-state index contributed by atoms with van der Waals surface area (Å²) < 4.78 is 5.54. The molecule has 0 unspecified atom stereocenters. The van der Waals surface area contributed by atoms with Crippen molar-refractivity contribution in [2.24, 2.45) is 0 Å². The zero-order valence-corrected chi connectivity index (χ0v) is 28.2. The summed E-state index contributed by atoms with van der Waals surface area (Å²) in [5, 5.41) is 51.0. The number of carbonyl (C=O) groups is 3. The van der Waals surface area contributed by atoms with Crippen LogP contribution in [0, 0.1) is 0 Å². The summed E-state index contributed by atoms with van der Waals surface area (Å²) in [7, 11) is 0. The first kappa shape index (κ1) is 37.2. The number of phenolic OH excluding ortho intramolecular Hbond substituents is 1. The molecule has 8 N–H and O–H groups in total. The predicted octanol–water partition coefficient (Wildman–Crippen LogP) is 2.74. The van der Waals surface area contributed by atoms with Crippen LogP contribution in [0.5, 0.6) is 11.5 Å². The lowest BCUT2D eigenvalue weighted by atomic mass is 9.86. The molecule has 5 rings (SSSR count). The van der Waals surface area contributed by atoms with E-state index in [9.17, 15) is 39.6 Å². The van der Waals surface area contributed by atoms with Gasteiger partial charge in [0.25, 0.3) is 11.8 Å². The fraction of sp³-hybridized carbons (Fsp3) is 0.231. The van der Waals surface area contributed by atoms with Crippen molar-refractivity contribution in [2.45, 2.75) is 24.5 Å². The molecule has 5 aromatic rings. The van der Waals surface area contributed by atoms with E-state index in [0.717, 1.165) is 5.56 Å². The van der Waals surface area contributed by atoms with Crippen LogP contribution in [0.4, 0.5) is 0 Å². The van der Waals surface area contributed by atoms with Crippen molar-refractivity contribution < 1.29 is 39.5 Å². The Morgan fingerprint density at radius 3 is 2.31 bits per heavy atom. The maximum atomic E-state index is 12.6. The maximum Gasteiger partial charge on any atom is 0.345 e. The topological polar surface area (TPSA) is 210 Å². The summed E-state index contributed by atoms with van der Waals surface area (Å²) in [6, 6.07) is 27.1. The van der Waals surface area contributed by atoms with Gasteiger partial charge in [0.15, 0.2) is 6.61 Å². The van der Waals surface area contributed by atoms with Crippen LogP contribution in [0.2, 0.25) is 0 Å². The van der Waals surface area contributed by atoms with E-state index in [1.165, 1.54) is 42.5 Å². The van der Waals surface area contributed by atoms with Gasteiger partial charge >= 0.3 is 5.97 Å². The number of amides is 2. The van der Waals surface area contributed by atoms with E-state index < -0.39 is 23.6 Å². The molecule has 0 aliphatic carbocycles. The molecule has 0 bridgehead atoms.